The van der Waals surface area contributed by atoms with Gasteiger partial charge in [0.2, 0.25) is 11.5 Å². The van der Waals surface area contributed by atoms with E-state index in [9.17, 15) is 14.7 Å². The van der Waals surface area contributed by atoms with Gasteiger partial charge in [-0.15, -0.1) is 0 Å². The van der Waals surface area contributed by atoms with E-state index in [1.54, 1.807) is 31.3 Å². The molecule has 1 unspecified atom stereocenters. The van der Waals surface area contributed by atoms with Crippen LogP contribution in [0.4, 0.5) is 0 Å². The number of likely N-dealkylation sites (tertiary alicyclic amines) is 1. The predicted molar refractivity (Wildman–Crippen MR) is 96.6 cm³/mol. The van der Waals surface area contributed by atoms with Crippen LogP contribution in [-0.4, -0.2) is 58.1 Å². The molecule has 2 heterocycles. The van der Waals surface area contributed by atoms with E-state index in [0.29, 0.717) is 17.7 Å². The molecule has 2 amide bonds. The number of nitrogens with two attached hydrogens (primary N) is 1. The van der Waals surface area contributed by atoms with Gasteiger partial charge in [0.25, 0.3) is 11.8 Å². The molecule has 0 aliphatic carbocycles. The monoisotopic (exact) mass is 366 g/mol. The van der Waals surface area contributed by atoms with E-state index in [4.69, 9.17) is 10.5 Å². The van der Waals surface area contributed by atoms with Crippen LogP contribution < -0.4 is 10.5 Å². The number of hydrogen-bond acceptors (Lipinski definition) is 6. The van der Waals surface area contributed by atoms with Gasteiger partial charge in [0, 0.05) is 37.2 Å². The molecule has 1 atom stereocenters. The third-order valence-corrected chi connectivity index (χ3v) is 4.21. The lowest BCUT2D eigenvalue weighted by atomic mass is 10.0. The van der Waals surface area contributed by atoms with Gasteiger partial charge >= 0.3 is 0 Å². The molecule has 8 nitrogen and oxygen atoms in total. The minimum Gasteiger partial charge on any atom is -0.481 e. The maximum Gasteiger partial charge on any atom is 0.267 e. The first-order chi connectivity index (χ1) is 12.8. The Hall–Kier alpha value is -3.44. The number of hydrogen-bond donors (Lipinski definition) is 2. The average molecular weight is 366 g/mol. The Labute approximate surface area is 156 Å². The lowest BCUT2D eigenvalue weighted by molar-refractivity contribution is -0.137. The van der Waals surface area contributed by atoms with Gasteiger partial charge in [-0.05, 0) is 12.1 Å². The second-order valence-corrected chi connectivity index (χ2v) is 6.15. The molecule has 1 aromatic carbocycles. The Balaban J connectivity index is 1.96. The van der Waals surface area contributed by atoms with E-state index >= 15 is 0 Å². The minimum atomic E-state index is -1.67. The Bertz CT molecular complexity index is 979. The number of carbonyl (C=O) groups excluding carboxylic acids is 2. The van der Waals surface area contributed by atoms with Crippen LogP contribution in [0.5, 0.6) is 5.88 Å². The van der Waals surface area contributed by atoms with Gasteiger partial charge in [0.1, 0.15) is 5.69 Å². The largest absolute Gasteiger partial charge is 0.481 e. The normalized spacial score (nSPS) is 18.8. The number of benzene rings is 1. The van der Waals surface area contributed by atoms with E-state index in [2.05, 4.69) is 21.8 Å². The summed E-state index contributed by atoms with van der Waals surface area (Å²) >= 11 is 0. The van der Waals surface area contributed by atoms with Crippen LogP contribution in [0.15, 0.2) is 30.3 Å². The number of aromatic nitrogens is 2. The number of primary amides is 1. The number of aliphatic hydroxyl groups is 1. The highest BCUT2D eigenvalue weighted by molar-refractivity contribution is 5.91. The number of amides is 2. The molecule has 138 valence electrons. The van der Waals surface area contributed by atoms with Crippen molar-refractivity contribution in [2.24, 2.45) is 5.73 Å². The van der Waals surface area contributed by atoms with Crippen LogP contribution >= 0.6 is 0 Å². The third-order valence-electron chi connectivity index (χ3n) is 4.21. The second-order valence-electron chi connectivity index (χ2n) is 6.15. The van der Waals surface area contributed by atoms with Crippen LogP contribution in [0.3, 0.4) is 0 Å². The van der Waals surface area contributed by atoms with Crippen molar-refractivity contribution in [3.8, 4) is 29.1 Å². The van der Waals surface area contributed by atoms with Crippen molar-refractivity contribution in [2.75, 3.05) is 20.7 Å². The molecule has 1 aromatic heterocycles. The lowest BCUT2D eigenvalue weighted by Gasteiger charge is -2.13. The number of likely N-dealkylation sites (N-methyl/N-ethyl adjacent to an activating group) is 1. The SMILES string of the molecule is COc1cc(C(N)=O)nc(-c2cccc(C#CC3(O)CCN(C)C3=O)c2)n1. The molecule has 0 spiro atoms. The van der Waals surface area contributed by atoms with Gasteiger partial charge in [-0.25, -0.2) is 4.98 Å². The van der Waals surface area contributed by atoms with Crippen molar-refractivity contribution < 1.29 is 19.4 Å². The lowest BCUT2D eigenvalue weighted by Crippen LogP contribution is -2.37. The Morgan fingerprint density at radius 3 is 2.78 bits per heavy atom. The Morgan fingerprint density at radius 1 is 1.37 bits per heavy atom. The van der Waals surface area contributed by atoms with Crippen LogP contribution in [-0.2, 0) is 4.79 Å². The standard InChI is InChI=1S/C19H18N4O4/c1-23-9-8-19(26,18(23)25)7-6-12-4-3-5-13(10-12)17-21-14(16(20)24)11-15(22-17)27-2/h3-5,10-11,26H,8-9H2,1-2H3,(H2,20,24). The molecule has 0 bridgehead atoms. The summed E-state index contributed by atoms with van der Waals surface area (Å²) in [5.74, 6) is 4.84. The maximum atomic E-state index is 12.0. The van der Waals surface area contributed by atoms with Gasteiger partial charge < -0.3 is 20.5 Å². The molecular weight excluding hydrogens is 348 g/mol. The fourth-order valence-electron chi connectivity index (χ4n) is 2.67. The molecule has 3 N–H and O–H groups in total. The number of rotatable bonds is 3. The van der Waals surface area contributed by atoms with Crippen molar-refractivity contribution in [3.63, 3.8) is 0 Å². The van der Waals surface area contributed by atoms with E-state index in [1.165, 1.54) is 18.1 Å². The predicted octanol–water partition coefficient (Wildman–Crippen LogP) is 0.196. The van der Waals surface area contributed by atoms with Crippen LogP contribution in [0.2, 0.25) is 0 Å². The zero-order valence-corrected chi connectivity index (χ0v) is 14.9. The summed E-state index contributed by atoms with van der Waals surface area (Å²) in [7, 11) is 3.05. The summed E-state index contributed by atoms with van der Waals surface area (Å²) < 4.78 is 5.09. The highest BCUT2D eigenvalue weighted by Crippen LogP contribution is 2.22. The molecule has 8 heteroatoms. The average Bonchev–Trinajstić information content (AvgIpc) is 2.94. The fraction of sp³-hybridized carbons (Fsp3) is 0.263. The molecule has 1 aliphatic heterocycles. The van der Waals surface area contributed by atoms with Gasteiger partial charge in [0.15, 0.2) is 5.82 Å². The minimum absolute atomic E-state index is 0.0298. The zero-order valence-electron chi connectivity index (χ0n) is 14.9. The Morgan fingerprint density at radius 2 is 2.15 bits per heavy atom. The van der Waals surface area contributed by atoms with E-state index < -0.39 is 17.4 Å². The fourth-order valence-corrected chi connectivity index (χ4v) is 2.67. The van der Waals surface area contributed by atoms with Crippen LogP contribution in [0.25, 0.3) is 11.4 Å². The molecule has 0 saturated carbocycles. The highest BCUT2D eigenvalue weighted by Gasteiger charge is 2.42. The number of nitrogens with zero attached hydrogens (tertiary/aromatic N) is 3. The first-order valence-electron chi connectivity index (χ1n) is 8.17. The summed E-state index contributed by atoms with van der Waals surface area (Å²) in [5, 5.41) is 10.4. The van der Waals surface area contributed by atoms with Crippen LogP contribution in [0, 0.1) is 11.8 Å². The number of methoxy groups -OCH3 is 1. The topological polar surface area (TPSA) is 119 Å². The zero-order chi connectivity index (χ0) is 19.6. The Kier molecular flexibility index (Phi) is 4.79. The van der Waals surface area contributed by atoms with E-state index in [0.717, 1.165) is 0 Å². The smallest absolute Gasteiger partial charge is 0.267 e. The van der Waals surface area contributed by atoms with E-state index in [-0.39, 0.29) is 23.8 Å². The maximum absolute atomic E-state index is 12.0. The first kappa shape index (κ1) is 18.4. The molecule has 3 rings (SSSR count). The summed E-state index contributed by atoms with van der Waals surface area (Å²) in [6.45, 7) is 0.456. The molecule has 0 radical (unpaired) electrons. The van der Waals surface area contributed by atoms with Gasteiger partial charge in [-0.2, -0.15) is 4.98 Å². The van der Waals surface area contributed by atoms with Crippen LogP contribution in [0.1, 0.15) is 22.5 Å². The highest BCUT2D eigenvalue weighted by atomic mass is 16.5. The summed E-state index contributed by atoms with van der Waals surface area (Å²) in [6, 6.07) is 8.26. The van der Waals surface area contributed by atoms with Gasteiger partial charge in [-0.3, -0.25) is 9.59 Å². The van der Waals surface area contributed by atoms with Gasteiger partial charge in [0.05, 0.1) is 7.11 Å². The van der Waals surface area contributed by atoms with Gasteiger partial charge in [-0.1, -0.05) is 24.0 Å². The van der Waals surface area contributed by atoms with Crippen molar-refractivity contribution in [1.29, 1.82) is 0 Å². The van der Waals surface area contributed by atoms with Crippen molar-refractivity contribution in [1.82, 2.24) is 14.9 Å². The summed E-state index contributed by atoms with van der Waals surface area (Å²) in [6.07, 6.45) is 0.260. The summed E-state index contributed by atoms with van der Waals surface area (Å²) in [5.41, 5.74) is 4.81. The molecule has 1 saturated heterocycles. The number of ether oxygens (including phenoxy) is 1. The molecular formula is C19H18N4O4. The van der Waals surface area contributed by atoms with Crippen molar-refractivity contribution >= 4 is 11.8 Å². The quantitative estimate of drug-likeness (QED) is 0.749. The molecule has 27 heavy (non-hydrogen) atoms. The van der Waals surface area contributed by atoms with Crippen molar-refractivity contribution in [3.05, 3.63) is 41.6 Å². The van der Waals surface area contributed by atoms with E-state index in [1.807, 2.05) is 0 Å². The molecule has 1 fully saturated rings. The molecule has 1 aliphatic rings. The summed E-state index contributed by atoms with van der Waals surface area (Å²) in [4.78, 5) is 33.3. The third kappa shape index (κ3) is 3.73. The first-order valence-corrected chi connectivity index (χ1v) is 8.17. The number of carbonyl (C=O) groups is 2. The second kappa shape index (κ2) is 7.05. The van der Waals surface area contributed by atoms with Crippen molar-refractivity contribution in [2.45, 2.75) is 12.0 Å². The molecule has 2 aromatic rings.